The van der Waals surface area contributed by atoms with Gasteiger partial charge in [0.05, 0.1) is 12.6 Å². The first-order valence-corrected chi connectivity index (χ1v) is 7.77. The summed E-state index contributed by atoms with van der Waals surface area (Å²) in [4.78, 5) is 14.4. The van der Waals surface area contributed by atoms with E-state index in [9.17, 15) is 4.79 Å². The number of nitrogens with zero attached hydrogens (tertiary/aromatic N) is 1. The van der Waals surface area contributed by atoms with Crippen molar-refractivity contribution in [3.8, 4) is 0 Å². The maximum absolute atomic E-state index is 12.6. The Morgan fingerprint density at radius 1 is 1.18 bits per heavy atom. The van der Waals surface area contributed by atoms with Crippen molar-refractivity contribution in [3.05, 3.63) is 35.9 Å². The fraction of sp³-hybridized carbons (Fsp3) is 0.611. The predicted octanol–water partition coefficient (Wildman–Crippen LogP) is 4.09. The number of benzene rings is 1. The SMILES string of the molecule is COC[C@H](C(C)C)N(Cc1ccccc1)C(=O)OC(C)(C)C. The molecule has 0 heterocycles. The number of rotatable bonds is 6. The second-order valence-corrected chi connectivity index (χ2v) is 6.86. The summed E-state index contributed by atoms with van der Waals surface area (Å²) in [5.41, 5.74) is 0.566. The molecule has 0 saturated carbocycles. The molecule has 124 valence electrons. The monoisotopic (exact) mass is 307 g/mol. The molecule has 0 saturated heterocycles. The molecule has 0 N–H and O–H groups in total. The van der Waals surface area contributed by atoms with Crippen LogP contribution >= 0.6 is 0 Å². The van der Waals surface area contributed by atoms with E-state index in [1.165, 1.54) is 0 Å². The smallest absolute Gasteiger partial charge is 0.410 e. The van der Waals surface area contributed by atoms with E-state index in [0.717, 1.165) is 5.56 Å². The van der Waals surface area contributed by atoms with E-state index in [2.05, 4.69) is 13.8 Å². The van der Waals surface area contributed by atoms with Gasteiger partial charge in [-0.05, 0) is 32.3 Å². The van der Waals surface area contributed by atoms with Crippen LogP contribution in [-0.2, 0) is 16.0 Å². The third-order valence-corrected chi connectivity index (χ3v) is 3.33. The first-order chi connectivity index (χ1) is 10.2. The Labute approximate surface area is 134 Å². The normalized spacial score (nSPS) is 13.0. The molecule has 0 aliphatic carbocycles. The Morgan fingerprint density at radius 3 is 2.23 bits per heavy atom. The third-order valence-electron chi connectivity index (χ3n) is 3.33. The lowest BCUT2D eigenvalue weighted by molar-refractivity contribution is -0.00450. The highest BCUT2D eigenvalue weighted by molar-refractivity contribution is 5.68. The van der Waals surface area contributed by atoms with Crippen LogP contribution < -0.4 is 0 Å². The molecule has 0 aromatic heterocycles. The zero-order chi connectivity index (χ0) is 16.8. The molecule has 0 aliphatic rings. The highest BCUT2D eigenvalue weighted by atomic mass is 16.6. The molecular weight excluding hydrogens is 278 g/mol. The molecule has 0 spiro atoms. The minimum absolute atomic E-state index is 0.0277. The van der Waals surface area contributed by atoms with Crippen LogP contribution in [0.5, 0.6) is 0 Å². The molecule has 0 radical (unpaired) electrons. The van der Waals surface area contributed by atoms with Crippen LogP contribution in [0, 0.1) is 5.92 Å². The average Bonchev–Trinajstić information content (AvgIpc) is 2.41. The summed E-state index contributed by atoms with van der Waals surface area (Å²) in [6, 6.07) is 9.92. The molecule has 1 atom stereocenters. The lowest BCUT2D eigenvalue weighted by atomic mass is 10.0. The van der Waals surface area contributed by atoms with Gasteiger partial charge in [0.2, 0.25) is 0 Å². The maximum atomic E-state index is 12.6. The van der Waals surface area contributed by atoms with Crippen molar-refractivity contribution in [1.82, 2.24) is 4.90 Å². The largest absolute Gasteiger partial charge is 0.444 e. The average molecular weight is 307 g/mol. The van der Waals surface area contributed by atoms with E-state index >= 15 is 0 Å². The topological polar surface area (TPSA) is 38.8 Å². The standard InChI is InChI=1S/C18H29NO3/c1-14(2)16(13-21-6)19(17(20)22-18(3,4)5)12-15-10-8-7-9-11-15/h7-11,14,16H,12-13H2,1-6H3/t16-/m1/s1. The zero-order valence-corrected chi connectivity index (χ0v) is 14.6. The number of amides is 1. The van der Waals surface area contributed by atoms with Crippen LogP contribution in [0.15, 0.2) is 30.3 Å². The van der Waals surface area contributed by atoms with Gasteiger partial charge in [-0.1, -0.05) is 44.2 Å². The molecule has 1 amide bonds. The van der Waals surface area contributed by atoms with Crippen LogP contribution in [0.2, 0.25) is 0 Å². The molecule has 1 aromatic rings. The Kier molecular flexibility index (Phi) is 6.88. The molecular formula is C18H29NO3. The van der Waals surface area contributed by atoms with E-state index in [-0.39, 0.29) is 18.1 Å². The van der Waals surface area contributed by atoms with Gasteiger partial charge in [-0.2, -0.15) is 0 Å². The third kappa shape index (κ3) is 6.06. The van der Waals surface area contributed by atoms with Crippen LogP contribution in [-0.4, -0.2) is 36.4 Å². The lowest BCUT2D eigenvalue weighted by Gasteiger charge is -2.35. The Hall–Kier alpha value is -1.55. The van der Waals surface area contributed by atoms with E-state index in [4.69, 9.17) is 9.47 Å². The van der Waals surface area contributed by atoms with Crippen LogP contribution in [0.3, 0.4) is 0 Å². The van der Waals surface area contributed by atoms with Crippen LogP contribution in [0.4, 0.5) is 4.79 Å². The first kappa shape index (κ1) is 18.5. The first-order valence-electron chi connectivity index (χ1n) is 7.77. The van der Waals surface area contributed by atoms with Gasteiger partial charge in [0, 0.05) is 13.7 Å². The minimum Gasteiger partial charge on any atom is -0.444 e. The number of carbonyl (C=O) groups excluding carboxylic acids is 1. The van der Waals surface area contributed by atoms with Gasteiger partial charge in [0.15, 0.2) is 0 Å². The summed E-state index contributed by atoms with van der Waals surface area (Å²) < 4.78 is 10.9. The Morgan fingerprint density at radius 2 is 1.77 bits per heavy atom. The summed E-state index contributed by atoms with van der Waals surface area (Å²) in [5, 5.41) is 0. The highest BCUT2D eigenvalue weighted by Crippen LogP contribution is 2.19. The van der Waals surface area contributed by atoms with Crippen molar-refractivity contribution in [1.29, 1.82) is 0 Å². The van der Waals surface area contributed by atoms with Crippen LogP contribution in [0.25, 0.3) is 0 Å². The van der Waals surface area contributed by atoms with E-state index in [1.54, 1.807) is 12.0 Å². The van der Waals surface area contributed by atoms with Crippen molar-refractivity contribution in [2.75, 3.05) is 13.7 Å². The second kappa shape index (κ2) is 8.18. The van der Waals surface area contributed by atoms with Gasteiger partial charge in [-0.25, -0.2) is 4.79 Å². The second-order valence-electron chi connectivity index (χ2n) is 6.86. The molecule has 22 heavy (non-hydrogen) atoms. The summed E-state index contributed by atoms with van der Waals surface area (Å²) in [7, 11) is 1.66. The molecule has 0 fully saturated rings. The van der Waals surface area contributed by atoms with E-state index < -0.39 is 5.60 Å². The fourth-order valence-electron chi connectivity index (χ4n) is 2.23. The van der Waals surface area contributed by atoms with Crippen molar-refractivity contribution in [3.63, 3.8) is 0 Å². The molecule has 0 unspecified atom stereocenters. The van der Waals surface area contributed by atoms with Gasteiger partial charge in [0.1, 0.15) is 5.60 Å². The van der Waals surface area contributed by atoms with E-state index in [0.29, 0.717) is 13.2 Å². The summed E-state index contributed by atoms with van der Waals surface area (Å²) in [5.74, 6) is 0.274. The molecule has 0 aliphatic heterocycles. The van der Waals surface area contributed by atoms with Crippen molar-refractivity contribution in [2.24, 2.45) is 5.92 Å². The van der Waals surface area contributed by atoms with Crippen molar-refractivity contribution >= 4 is 6.09 Å². The maximum Gasteiger partial charge on any atom is 0.410 e. The van der Waals surface area contributed by atoms with Crippen LogP contribution in [0.1, 0.15) is 40.2 Å². The summed E-state index contributed by atoms with van der Waals surface area (Å²) in [6.07, 6.45) is -0.299. The highest BCUT2D eigenvalue weighted by Gasteiger charge is 2.30. The number of carbonyl (C=O) groups is 1. The Bertz CT molecular complexity index is 451. The number of hydrogen-bond donors (Lipinski definition) is 0. The summed E-state index contributed by atoms with van der Waals surface area (Å²) >= 11 is 0. The zero-order valence-electron chi connectivity index (χ0n) is 14.6. The molecule has 0 bridgehead atoms. The van der Waals surface area contributed by atoms with Gasteiger partial charge in [-0.15, -0.1) is 0 Å². The van der Waals surface area contributed by atoms with Crippen molar-refractivity contribution in [2.45, 2.75) is 52.8 Å². The van der Waals surface area contributed by atoms with Gasteiger partial charge in [-0.3, -0.25) is 4.90 Å². The summed E-state index contributed by atoms with van der Waals surface area (Å²) in [6.45, 7) is 10.8. The number of hydrogen-bond acceptors (Lipinski definition) is 3. The van der Waals surface area contributed by atoms with Gasteiger partial charge in [0.25, 0.3) is 0 Å². The quantitative estimate of drug-likeness (QED) is 0.794. The molecule has 4 nitrogen and oxygen atoms in total. The van der Waals surface area contributed by atoms with Gasteiger partial charge >= 0.3 is 6.09 Å². The number of methoxy groups -OCH3 is 1. The number of ether oxygens (including phenoxy) is 2. The predicted molar refractivity (Wildman–Crippen MR) is 88.7 cm³/mol. The Balaban J connectivity index is 3.00. The molecule has 1 rings (SSSR count). The van der Waals surface area contributed by atoms with Gasteiger partial charge < -0.3 is 9.47 Å². The molecule has 1 aromatic carbocycles. The lowest BCUT2D eigenvalue weighted by Crippen LogP contribution is -2.47. The minimum atomic E-state index is -0.513. The fourth-order valence-corrected chi connectivity index (χ4v) is 2.23. The van der Waals surface area contributed by atoms with Crippen molar-refractivity contribution < 1.29 is 14.3 Å². The molecule has 4 heteroatoms. The van der Waals surface area contributed by atoms with E-state index in [1.807, 2.05) is 51.1 Å².